The van der Waals surface area contributed by atoms with Crippen molar-refractivity contribution in [2.24, 2.45) is 0 Å². The zero-order valence-corrected chi connectivity index (χ0v) is 13.7. The predicted molar refractivity (Wildman–Crippen MR) is 82.6 cm³/mol. The molecule has 5 nitrogen and oxygen atoms in total. The smallest absolute Gasteiger partial charge is 0.240 e. The first kappa shape index (κ1) is 15.7. The maximum Gasteiger partial charge on any atom is 0.240 e. The minimum Gasteiger partial charge on any atom is -0.270 e. The van der Waals surface area contributed by atoms with Crippen LogP contribution >= 0.6 is 0 Å². The molecule has 6 heteroatoms. The summed E-state index contributed by atoms with van der Waals surface area (Å²) >= 11 is 0. The highest BCUT2D eigenvalue weighted by Gasteiger charge is 2.15. The van der Waals surface area contributed by atoms with Crippen LogP contribution in [0, 0.1) is 20.8 Å². The molecule has 0 aliphatic carbocycles. The summed E-state index contributed by atoms with van der Waals surface area (Å²) < 4.78 is 29.1. The molecule has 1 heterocycles. The number of sulfonamides is 1. The molecule has 0 atom stereocenters. The van der Waals surface area contributed by atoms with E-state index in [0.29, 0.717) is 4.90 Å². The third kappa shape index (κ3) is 3.33. The van der Waals surface area contributed by atoms with E-state index in [1.807, 2.05) is 38.4 Å². The number of benzene rings is 1. The van der Waals surface area contributed by atoms with Crippen LogP contribution in [0.25, 0.3) is 0 Å². The Bertz CT molecular complexity index is 748. The van der Waals surface area contributed by atoms with Gasteiger partial charge in [0.2, 0.25) is 10.0 Å². The molecule has 0 unspecified atom stereocenters. The average Bonchev–Trinajstić information content (AvgIpc) is 2.80. The number of hydrogen-bond donors (Lipinski definition) is 1. The lowest BCUT2D eigenvalue weighted by Crippen LogP contribution is -2.23. The van der Waals surface area contributed by atoms with E-state index < -0.39 is 10.0 Å². The van der Waals surface area contributed by atoms with Crippen LogP contribution in [0.1, 0.15) is 29.3 Å². The van der Waals surface area contributed by atoms with Gasteiger partial charge >= 0.3 is 0 Å². The SMILES string of the molecule is CCn1ncc(CNS(=O)(=O)c2ccc(C)c(C)c2)c1C. The zero-order valence-electron chi connectivity index (χ0n) is 12.8. The highest BCUT2D eigenvalue weighted by molar-refractivity contribution is 7.89. The molecule has 0 aliphatic heterocycles. The molecule has 0 aliphatic rings. The summed E-state index contributed by atoms with van der Waals surface area (Å²) in [6.45, 7) is 8.83. The minimum atomic E-state index is -3.50. The molecule has 2 aromatic rings. The highest BCUT2D eigenvalue weighted by atomic mass is 32.2. The van der Waals surface area contributed by atoms with Gasteiger partial charge in [-0.15, -0.1) is 0 Å². The van der Waals surface area contributed by atoms with E-state index in [0.717, 1.165) is 28.9 Å². The molecule has 0 saturated heterocycles. The first-order chi connectivity index (χ1) is 9.85. The Labute approximate surface area is 126 Å². The Balaban J connectivity index is 2.17. The molecule has 0 saturated carbocycles. The van der Waals surface area contributed by atoms with Gasteiger partial charge in [0.15, 0.2) is 0 Å². The molecular formula is C15H21N3O2S. The first-order valence-electron chi connectivity index (χ1n) is 6.93. The summed E-state index contributed by atoms with van der Waals surface area (Å²) in [4.78, 5) is 0.297. The fourth-order valence-corrected chi connectivity index (χ4v) is 3.21. The summed E-state index contributed by atoms with van der Waals surface area (Å²) in [6, 6.07) is 5.15. The average molecular weight is 307 g/mol. The quantitative estimate of drug-likeness (QED) is 0.922. The lowest BCUT2D eigenvalue weighted by Gasteiger charge is -2.09. The molecule has 21 heavy (non-hydrogen) atoms. The summed E-state index contributed by atoms with van der Waals surface area (Å²) in [5.74, 6) is 0. The standard InChI is InChI=1S/C15H21N3O2S/c1-5-18-13(4)14(9-16-18)10-17-21(19,20)15-7-6-11(2)12(3)8-15/h6-9,17H,5,10H2,1-4H3. The third-order valence-electron chi connectivity index (χ3n) is 3.75. The normalized spacial score (nSPS) is 11.8. The van der Waals surface area contributed by atoms with Crippen molar-refractivity contribution >= 4 is 10.0 Å². The van der Waals surface area contributed by atoms with Crippen LogP contribution in [0.2, 0.25) is 0 Å². The van der Waals surface area contributed by atoms with E-state index in [2.05, 4.69) is 9.82 Å². The summed E-state index contributed by atoms with van der Waals surface area (Å²) in [7, 11) is -3.50. The van der Waals surface area contributed by atoms with Crippen molar-refractivity contribution in [2.75, 3.05) is 0 Å². The second-order valence-electron chi connectivity index (χ2n) is 5.14. The van der Waals surface area contributed by atoms with Gasteiger partial charge in [-0.2, -0.15) is 5.10 Å². The number of hydrogen-bond acceptors (Lipinski definition) is 3. The molecular weight excluding hydrogens is 286 g/mol. The van der Waals surface area contributed by atoms with Gasteiger partial charge < -0.3 is 0 Å². The summed E-state index contributed by atoms with van der Waals surface area (Å²) in [5.41, 5.74) is 3.92. The van der Waals surface area contributed by atoms with Crippen LogP contribution in [0.3, 0.4) is 0 Å². The second-order valence-corrected chi connectivity index (χ2v) is 6.91. The fourth-order valence-electron chi connectivity index (χ4n) is 2.11. The highest BCUT2D eigenvalue weighted by Crippen LogP contribution is 2.15. The lowest BCUT2D eigenvalue weighted by molar-refractivity contribution is 0.580. The van der Waals surface area contributed by atoms with Gasteiger partial charge in [0.05, 0.1) is 11.1 Å². The summed E-state index contributed by atoms with van der Waals surface area (Å²) in [6.07, 6.45) is 1.71. The van der Waals surface area contributed by atoms with Crippen molar-refractivity contribution in [1.29, 1.82) is 0 Å². The molecule has 0 fully saturated rings. The summed E-state index contributed by atoms with van der Waals surface area (Å²) in [5, 5.41) is 4.22. The van der Waals surface area contributed by atoms with Crippen LogP contribution in [-0.2, 0) is 23.1 Å². The molecule has 0 spiro atoms. The number of nitrogens with one attached hydrogen (secondary N) is 1. The van der Waals surface area contributed by atoms with Gasteiger partial charge in [0.1, 0.15) is 0 Å². The largest absolute Gasteiger partial charge is 0.270 e. The van der Waals surface area contributed by atoms with E-state index in [4.69, 9.17) is 0 Å². The molecule has 2 rings (SSSR count). The number of aromatic nitrogens is 2. The monoisotopic (exact) mass is 307 g/mol. The molecule has 0 bridgehead atoms. The van der Waals surface area contributed by atoms with Gasteiger partial charge in [-0.1, -0.05) is 6.07 Å². The predicted octanol–water partition coefficient (Wildman–Crippen LogP) is 2.31. The maximum atomic E-state index is 12.3. The Hall–Kier alpha value is -1.66. The van der Waals surface area contributed by atoms with Crippen molar-refractivity contribution in [2.45, 2.75) is 45.7 Å². The zero-order chi connectivity index (χ0) is 15.6. The Kier molecular flexibility index (Phi) is 4.49. The van der Waals surface area contributed by atoms with Crippen molar-refractivity contribution in [3.8, 4) is 0 Å². The second kappa shape index (κ2) is 5.99. The molecule has 0 radical (unpaired) electrons. The maximum absolute atomic E-state index is 12.3. The van der Waals surface area contributed by atoms with Crippen LogP contribution in [-0.4, -0.2) is 18.2 Å². The molecule has 1 aromatic heterocycles. The van der Waals surface area contributed by atoms with E-state index in [-0.39, 0.29) is 6.54 Å². The van der Waals surface area contributed by atoms with Gasteiger partial charge in [-0.05, 0) is 51.0 Å². The number of aryl methyl sites for hydroxylation is 3. The number of rotatable bonds is 5. The van der Waals surface area contributed by atoms with Gasteiger partial charge in [0.25, 0.3) is 0 Å². The molecule has 1 N–H and O–H groups in total. The van der Waals surface area contributed by atoms with Gasteiger partial charge in [-0.3, -0.25) is 4.68 Å². The van der Waals surface area contributed by atoms with Crippen molar-refractivity contribution < 1.29 is 8.42 Å². The van der Waals surface area contributed by atoms with E-state index in [9.17, 15) is 8.42 Å². The van der Waals surface area contributed by atoms with Crippen LogP contribution < -0.4 is 4.72 Å². The lowest BCUT2D eigenvalue weighted by atomic mass is 10.1. The molecule has 0 amide bonds. The van der Waals surface area contributed by atoms with Crippen molar-refractivity contribution in [3.05, 3.63) is 46.8 Å². The van der Waals surface area contributed by atoms with Crippen LogP contribution in [0.15, 0.2) is 29.3 Å². The molecule has 1 aromatic carbocycles. The van der Waals surface area contributed by atoms with Crippen LogP contribution in [0.4, 0.5) is 0 Å². The molecule has 114 valence electrons. The van der Waals surface area contributed by atoms with Gasteiger partial charge in [-0.25, -0.2) is 13.1 Å². The van der Waals surface area contributed by atoms with E-state index in [1.54, 1.807) is 18.3 Å². The third-order valence-corrected chi connectivity index (χ3v) is 5.14. The Morgan fingerprint density at radius 2 is 1.90 bits per heavy atom. The topological polar surface area (TPSA) is 64.0 Å². The van der Waals surface area contributed by atoms with Crippen LogP contribution in [0.5, 0.6) is 0 Å². The fraction of sp³-hybridized carbons (Fsp3) is 0.400. The Morgan fingerprint density at radius 1 is 1.19 bits per heavy atom. The minimum absolute atomic E-state index is 0.251. The van der Waals surface area contributed by atoms with Crippen molar-refractivity contribution in [1.82, 2.24) is 14.5 Å². The van der Waals surface area contributed by atoms with E-state index >= 15 is 0 Å². The van der Waals surface area contributed by atoms with Gasteiger partial charge in [0, 0.05) is 24.3 Å². The van der Waals surface area contributed by atoms with Crippen molar-refractivity contribution in [3.63, 3.8) is 0 Å². The Morgan fingerprint density at radius 3 is 2.48 bits per heavy atom. The first-order valence-corrected chi connectivity index (χ1v) is 8.41. The number of nitrogens with zero attached hydrogens (tertiary/aromatic N) is 2. The van der Waals surface area contributed by atoms with E-state index in [1.165, 1.54) is 0 Å².